The lowest BCUT2D eigenvalue weighted by Crippen LogP contribution is -2.29. The zero-order chi connectivity index (χ0) is 26.3. The van der Waals surface area contributed by atoms with Gasteiger partial charge >= 0.3 is 0 Å². The number of fused-ring (bicyclic) bond motifs is 1. The molecule has 1 aromatic carbocycles. The van der Waals surface area contributed by atoms with Gasteiger partial charge in [0.15, 0.2) is 0 Å². The van der Waals surface area contributed by atoms with Crippen LogP contribution >= 0.6 is 22.9 Å². The molecule has 0 bridgehead atoms. The molecule has 0 aliphatic rings. The van der Waals surface area contributed by atoms with Crippen molar-refractivity contribution in [3.8, 4) is 11.3 Å². The van der Waals surface area contributed by atoms with Gasteiger partial charge in [-0.25, -0.2) is 13.4 Å². The van der Waals surface area contributed by atoms with Crippen LogP contribution in [0.3, 0.4) is 0 Å². The number of nitrogens with zero attached hydrogens (tertiary/aromatic N) is 4. The van der Waals surface area contributed by atoms with Gasteiger partial charge in [0.05, 0.1) is 34.8 Å². The standard InChI is InChI=1S/C25H23ClN6O3S2/c1-14(33)15-8-9-28-20(10-15)18-5-3-4-16-11-21(36-25(16)18)24(23-19(26)6-7-22(27)30-23)31-37(34,35)17-12-29-32(2)13-17/h3-14,24,31,33H,1-2H3,(H2,27,30). The number of halogens is 1. The maximum atomic E-state index is 13.3. The monoisotopic (exact) mass is 554 g/mol. The summed E-state index contributed by atoms with van der Waals surface area (Å²) >= 11 is 7.90. The second-order valence-electron chi connectivity index (χ2n) is 8.53. The van der Waals surface area contributed by atoms with Crippen LogP contribution in [0.1, 0.15) is 35.2 Å². The molecule has 0 radical (unpaired) electrons. The summed E-state index contributed by atoms with van der Waals surface area (Å²) in [5.41, 5.74) is 8.54. The summed E-state index contributed by atoms with van der Waals surface area (Å²) in [6, 6.07) is 13.5. The molecule has 2 atom stereocenters. The highest BCUT2D eigenvalue weighted by atomic mass is 35.5. The third kappa shape index (κ3) is 5.09. The lowest BCUT2D eigenvalue weighted by Gasteiger charge is -2.18. The van der Waals surface area contributed by atoms with Gasteiger partial charge in [0.25, 0.3) is 0 Å². The van der Waals surface area contributed by atoms with Gasteiger partial charge in [-0.2, -0.15) is 9.82 Å². The van der Waals surface area contributed by atoms with Crippen LogP contribution in [0.2, 0.25) is 5.02 Å². The van der Waals surface area contributed by atoms with E-state index in [1.54, 1.807) is 38.4 Å². The molecule has 0 spiro atoms. The van der Waals surface area contributed by atoms with Crippen LogP contribution in [-0.2, 0) is 17.1 Å². The number of hydrogen-bond donors (Lipinski definition) is 3. The number of rotatable bonds is 7. The zero-order valence-electron chi connectivity index (χ0n) is 19.8. The van der Waals surface area contributed by atoms with Gasteiger partial charge in [0.1, 0.15) is 10.7 Å². The number of thiophene rings is 1. The van der Waals surface area contributed by atoms with E-state index in [0.717, 1.165) is 21.2 Å². The molecule has 4 heterocycles. The molecule has 12 heteroatoms. The van der Waals surface area contributed by atoms with Crippen molar-refractivity contribution in [2.75, 3.05) is 5.73 Å². The van der Waals surface area contributed by atoms with Crippen LogP contribution in [0.5, 0.6) is 0 Å². The van der Waals surface area contributed by atoms with Crippen LogP contribution in [0.25, 0.3) is 21.3 Å². The fourth-order valence-corrected chi connectivity index (χ4v) is 6.66. The Hall–Kier alpha value is -3.35. The van der Waals surface area contributed by atoms with Crippen molar-refractivity contribution >= 4 is 48.9 Å². The van der Waals surface area contributed by atoms with E-state index in [1.807, 2.05) is 30.3 Å². The van der Waals surface area contributed by atoms with Crippen molar-refractivity contribution in [2.24, 2.45) is 7.05 Å². The first kappa shape index (κ1) is 25.3. The molecule has 4 aromatic heterocycles. The lowest BCUT2D eigenvalue weighted by molar-refractivity contribution is 0.199. The van der Waals surface area contributed by atoms with Crippen LogP contribution in [0.15, 0.2) is 72.0 Å². The summed E-state index contributed by atoms with van der Waals surface area (Å²) < 4.78 is 31.7. The number of nitrogen functional groups attached to an aromatic ring is 1. The molecule has 2 unspecified atom stereocenters. The number of benzene rings is 1. The highest BCUT2D eigenvalue weighted by Crippen LogP contribution is 2.40. The molecule has 0 fully saturated rings. The van der Waals surface area contributed by atoms with Gasteiger partial charge in [-0.05, 0) is 48.2 Å². The molecule has 0 amide bonds. The second-order valence-corrected chi connectivity index (χ2v) is 11.7. The molecule has 0 saturated heterocycles. The second kappa shape index (κ2) is 9.84. The van der Waals surface area contributed by atoms with Crippen LogP contribution < -0.4 is 10.5 Å². The van der Waals surface area contributed by atoms with E-state index < -0.39 is 22.2 Å². The van der Waals surface area contributed by atoms with Gasteiger partial charge < -0.3 is 10.8 Å². The predicted octanol–water partition coefficient (Wildman–Crippen LogP) is 4.45. The minimum atomic E-state index is -3.99. The Kier molecular flexibility index (Phi) is 6.73. The van der Waals surface area contributed by atoms with Gasteiger partial charge in [0, 0.05) is 34.6 Å². The van der Waals surface area contributed by atoms with E-state index in [0.29, 0.717) is 10.6 Å². The number of aryl methyl sites for hydroxylation is 1. The lowest BCUT2D eigenvalue weighted by atomic mass is 10.0. The highest BCUT2D eigenvalue weighted by molar-refractivity contribution is 7.89. The highest BCUT2D eigenvalue weighted by Gasteiger charge is 2.29. The van der Waals surface area contributed by atoms with Crippen LogP contribution in [-0.4, -0.2) is 33.3 Å². The minimum absolute atomic E-state index is 0.0148. The summed E-state index contributed by atoms with van der Waals surface area (Å²) in [6.45, 7) is 1.70. The fraction of sp³-hybridized carbons (Fsp3) is 0.160. The van der Waals surface area contributed by atoms with Crippen molar-refractivity contribution in [3.63, 3.8) is 0 Å². The third-order valence-corrected chi connectivity index (χ3v) is 8.77. The first-order valence-corrected chi connectivity index (χ1v) is 13.9. The summed E-state index contributed by atoms with van der Waals surface area (Å²) in [4.78, 5) is 9.57. The van der Waals surface area contributed by atoms with Gasteiger partial charge in [0.2, 0.25) is 10.0 Å². The summed E-state index contributed by atoms with van der Waals surface area (Å²) in [6.07, 6.45) is 3.71. The molecule has 5 rings (SSSR count). The fourth-order valence-electron chi connectivity index (χ4n) is 3.97. The molecule has 5 aromatic rings. The van der Waals surface area contributed by atoms with Crippen molar-refractivity contribution in [3.05, 3.63) is 88.3 Å². The van der Waals surface area contributed by atoms with Crippen molar-refractivity contribution in [1.82, 2.24) is 24.5 Å². The Morgan fingerprint density at radius 3 is 2.73 bits per heavy atom. The molecule has 0 saturated carbocycles. The smallest absolute Gasteiger partial charge is 0.244 e. The molecule has 9 nitrogen and oxygen atoms in total. The molecule has 37 heavy (non-hydrogen) atoms. The average Bonchev–Trinajstić information content (AvgIpc) is 3.51. The first-order chi connectivity index (χ1) is 17.6. The van der Waals surface area contributed by atoms with E-state index in [9.17, 15) is 13.5 Å². The Bertz CT molecular complexity index is 1710. The average molecular weight is 555 g/mol. The number of aliphatic hydroxyl groups excluding tert-OH is 1. The van der Waals surface area contributed by atoms with Gasteiger partial charge in [-0.3, -0.25) is 9.67 Å². The van der Waals surface area contributed by atoms with E-state index in [4.69, 9.17) is 17.3 Å². The van der Waals surface area contributed by atoms with E-state index in [-0.39, 0.29) is 21.4 Å². The normalized spacial score (nSPS) is 13.6. The predicted molar refractivity (Wildman–Crippen MR) is 145 cm³/mol. The Morgan fingerprint density at radius 2 is 2.00 bits per heavy atom. The number of hydrogen-bond acceptors (Lipinski definition) is 8. The molecule has 4 N–H and O–H groups in total. The first-order valence-electron chi connectivity index (χ1n) is 11.2. The third-order valence-electron chi connectivity index (χ3n) is 5.82. The van der Waals surface area contributed by atoms with Gasteiger partial charge in [-0.15, -0.1) is 11.3 Å². The Morgan fingerprint density at radius 1 is 1.19 bits per heavy atom. The van der Waals surface area contributed by atoms with Crippen molar-refractivity contribution in [1.29, 1.82) is 0 Å². The van der Waals surface area contributed by atoms with E-state index in [1.165, 1.54) is 28.4 Å². The number of aliphatic hydroxyl groups is 1. The molecular weight excluding hydrogens is 532 g/mol. The molecule has 190 valence electrons. The number of anilines is 1. The summed E-state index contributed by atoms with van der Waals surface area (Å²) in [5.74, 6) is 0.214. The zero-order valence-corrected chi connectivity index (χ0v) is 22.2. The SMILES string of the molecule is CC(O)c1ccnc(-c2cccc3cc(C(NS(=O)(=O)c4cnn(C)c4)c4nc(N)ccc4Cl)sc23)c1. The van der Waals surface area contributed by atoms with Crippen molar-refractivity contribution in [2.45, 2.75) is 24.0 Å². The molecular formula is C25H23ClN6O3S2. The maximum Gasteiger partial charge on any atom is 0.244 e. The van der Waals surface area contributed by atoms with Crippen molar-refractivity contribution < 1.29 is 13.5 Å². The molecule has 0 aliphatic carbocycles. The number of pyridine rings is 2. The number of nitrogens with one attached hydrogen (secondary N) is 1. The number of sulfonamides is 1. The summed E-state index contributed by atoms with van der Waals surface area (Å²) in [7, 11) is -2.35. The van der Waals surface area contributed by atoms with E-state index >= 15 is 0 Å². The maximum absolute atomic E-state index is 13.3. The van der Waals surface area contributed by atoms with Crippen LogP contribution in [0.4, 0.5) is 5.82 Å². The van der Waals surface area contributed by atoms with Gasteiger partial charge in [-0.1, -0.05) is 29.8 Å². The molecule has 0 aliphatic heterocycles. The minimum Gasteiger partial charge on any atom is -0.389 e. The number of nitrogens with two attached hydrogens (primary N) is 1. The quantitative estimate of drug-likeness (QED) is 0.270. The Balaban J connectivity index is 1.66. The largest absolute Gasteiger partial charge is 0.389 e. The van der Waals surface area contributed by atoms with E-state index in [2.05, 4.69) is 19.8 Å². The summed E-state index contributed by atoms with van der Waals surface area (Å²) in [5, 5.41) is 15.2. The number of aromatic nitrogens is 4. The topological polar surface area (TPSA) is 136 Å². The van der Waals surface area contributed by atoms with Crippen LogP contribution in [0, 0.1) is 0 Å². The Labute approximate surface area is 222 Å².